The molecule has 8 heteroatoms. The van der Waals surface area contributed by atoms with E-state index in [0.29, 0.717) is 56.0 Å². The van der Waals surface area contributed by atoms with E-state index in [4.69, 9.17) is 13.6 Å². The van der Waals surface area contributed by atoms with E-state index in [0.717, 1.165) is 0 Å². The van der Waals surface area contributed by atoms with Crippen LogP contribution in [0.15, 0.2) is 63.6 Å². The van der Waals surface area contributed by atoms with Crippen molar-refractivity contribution in [1.82, 2.24) is 15.0 Å². The van der Waals surface area contributed by atoms with E-state index in [1.165, 1.54) is 0 Å². The predicted molar refractivity (Wildman–Crippen MR) is 101 cm³/mol. The second-order valence-corrected chi connectivity index (χ2v) is 6.22. The second kappa shape index (κ2) is 6.57. The van der Waals surface area contributed by atoms with Crippen LogP contribution in [-0.4, -0.2) is 20.1 Å². The van der Waals surface area contributed by atoms with Crippen LogP contribution in [0.2, 0.25) is 0 Å². The Morgan fingerprint density at radius 2 is 1.62 bits per heavy atom. The Morgan fingerprint density at radius 1 is 0.862 bits per heavy atom. The van der Waals surface area contributed by atoms with Crippen LogP contribution in [0.1, 0.15) is 0 Å². The summed E-state index contributed by atoms with van der Waals surface area (Å²) in [4.78, 5) is 13.2. The van der Waals surface area contributed by atoms with Crippen molar-refractivity contribution in [3.8, 4) is 17.5 Å². The molecule has 0 fully saturated rings. The van der Waals surface area contributed by atoms with Gasteiger partial charge in [-0.1, -0.05) is 17.6 Å². The van der Waals surface area contributed by atoms with Gasteiger partial charge in [-0.15, -0.1) is 12.1 Å². The molecule has 29 heavy (non-hydrogen) atoms. The van der Waals surface area contributed by atoms with E-state index in [1.54, 1.807) is 54.7 Å². The van der Waals surface area contributed by atoms with Crippen LogP contribution in [0.5, 0.6) is 17.5 Å². The van der Waals surface area contributed by atoms with Crippen LogP contribution >= 0.6 is 0 Å². The zero-order valence-corrected chi connectivity index (χ0v) is 16.8. The van der Waals surface area contributed by atoms with E-state index in [9.17, 15) is 5.11 Å². The van der Waals surface area contributed by atoms with Crippen LogP contribution in [0.3, 0.4) is 0 Å². The van der Waals surface area contributed by atoms with E-state index in [1.807, 2.05) is 0 Å². The van der Waals surface area contributed by atoms with Gasteiger partial charge in [0.1, 0.15) is 28.1 Å². The van der Waals surface area contributed by atoms with Crippen molar-refractivity contribution >= 4 is 44.3 Å². The largest absolute Gasteiger partial charge is 0.507 e. The topological polar surface area (TPSA) is 94.4 Å². The zero-order chi connectivity index (χ0) is 18.7. The van der Waals surface area contributed by atoms with Crippen LogP contribution in [0.25, 0.3) is 44.3 Å². The van der Waals surface area contributed by atoms with Gasteiger partial charge in [-0.2, -0.15) is 0 Å². The van der Waals surface area contributed by atoms with Gasteiger partial charge in [0.15, 0.2) is 5.58 Å². The first-order chi connectivity index (χ1) is 13.8. The molecule has 0 bridgehead atoms. The van der Waals surface area contributed by atoms with Gasteiger partial charge in [-0.25, -0.2) is 4.98 Å². The Morgan fingerprint density at radius 3 is 2.45 bits per heavy atom. The van der Waals surface area contributed by atoms with Crippen LogP contribution in [0.4, 0.5) is 0 Å². The van der Waals surface area contributed by atoms with Crippen LogP contribution in [0, 0.1) is 6.07 Å². The first-order valence-electron chi connectivity index (χ1n) is 8.51. The smallest absolute Gasteiger partial charge is 0.222 e. The molecular formula is C21H10N3O4Pt-. The fraction of sp³-hybridized carbons (Fsp3) is 0. The quantitative estimate of drug-likeness (QED) is 0.298. The molecule has 0 atom stereocenters. The summed E-state index contributed by atoms with van der Waals surface area (Å²) in [6.45, 7) is 0. The third-order valence-electron chi connectivity index (χ3n) is 4.49. The number of aromatic nitrogens is 3. The molecule has 1 aromatic carbocycles. The Balaban J connectivity index is 0.00000181. The maximum Gasteiger partial charge on any atom is 0.222 e. The predicted octanol–water partition coefficient (Wildman–Crippen LogP) is 4.97. The molecule has 0 saturated heterocycles. The van der Waals surface area contributed by atoms with E-state index in [-0.39, 0.29) is 26.8 Å². The van der Waals surface area contributed by atoms with Crippen molar-refractivity contribution in [2.75, 3.05) is 0 Å². The average molecular weight is 563 g/mol. The number of rotatable bonds is 2. The molecule has 0 saturated carbocycles. The van der Waals surface area contributed by atoms with Crippen molar-refractivity contribution in [3.63, 3.8) is 0 Å². The fourth-order valence-corrected chi connectivity index (χ4v) is 3.26. The number of ether oxygens (including phenoxy) is 1. The van der Waals surface area contributed by atoms with Gasteiger partial charge in [0.2, 0.25) is 11.8 Å². The third kappa shape index (κ3) is 2.74. The molecule has 5 heterocycles. The van der Waals surface area contributed by atoms with Gasteiger partial charge in [0, 0.05) is 38.7 Å². The van der Waals surface area contributed by atoms with E-state index < -0.39 is 0 Å². The molecule has 0 radical (unpaired) electrons. The second-order valence-electron chi connectivity index (χ2n) is 6.22. The van der Waals surface area contributed by atoms with E-state index >= 15 is 0 Å². The van der Waals surface area contributed by atoms with Gasteiger partial charge in [0.25, 0.3) is 0 Å². The Labute approximate surface area is 177 Å². The van der Waals surface area contributed by atoms with Crippen LogP contribution < -0.4 is 4.74 Å². The summed E-state index contributed by atoms with van der Waals surface area (Å²) in [5, 5.41) is 11.4. The molecule has 0 unspecified atom stereocenters. The molecule has 0 spiro atoms. The molecule has 6 rings (SSSR count). The first kappa shape index (κ1) is 17.6. The maximum atomic E-state index is 10.2. The Bertz CT molecular complexity index is 1520. The number of nitrogens with zero attached hydrogens (tertiary/aromatic N) is 3. The normalized spacial score (nSPS) is 11.3. The van der Waals surface area contributed by atoms with Gasteiger partial charge >= 0.3 is 0 Å². The maximum absolute atomic E-state index is 10.2. The minimum Gasteiger partial charge on any atom is -0.507 e. The van der Waals surface area contributed by atoms with E-state index in [2.05, 4.69) is 21.0 Å². The minimum absolute atomic E-state index is 0. The van der Waals surface area contributed by atoms with Crippen LogP contribution in [-0.2, 0) is 21.1 Å². The molecule has 5 aromatic heterocycles. The molecular weight excluding hydrogens is 553 g/mol. The number of phenols is 1. The minimum atomic E-state index is 0. The number of aromatic hydroxyl groups is 1. The van der Waals surface area contributed by atoms with Crippen molar-refractivity contribution in [2.24, 2.45) is 0 Å². The summed E-state index contributed by atoms with van der Waals surface area (Å²) >= 11 is 0. The summed E-state index contributed by atoms with van der Waals surface area (Å²) in [7, 11) is 0. The zero-order valence-electron chi connectivity index (χ0n) is 14.5. The summed E-state index contributed by atoms with van der Waals surface area (Å²) < 4.78 is 17.2. The van der Waals surface area contributed by atoms with Gasteiger partial charge in [-0.05, 0) is 24.3 Å². The molecule has 0 aliphatic rings. The summed E-state index contributed by atoms with van der Waals surface area (Å²) in [5.41, 5.74) is 3.35. The van der Waals surface area contributed by atoms with Crippen molar-refractivity contribution < 1.29 is 39.7 Å². The summed E-state index contributed by atoms with van der Waals surface area (Å²) in [6.07, 6.45) is 1.62. The number of hydrogen-bond donors (Lipinski definition) is 1. The van der Waals surface area contributed by atoms with Crippen molar-refractivity contribution in [3.05, 3.63) is 60.8 Å². The fourth-order valence-electron chi connectivity index (χ4n) is 3.26. The average Bonchev–Trinajstić information content (AvgIpc) is 3.26. The number of hydrogen-bond acceptors (Lipinski definition) is 7. The number of phenolic OH excluding ortho intramolecular Hbond substituents is 1. The monoisotopic (exact) mass is 563 g/mol. The van der Waals surface area contributed by atoms with Gasteiger partial charge in [0.05, 0.1) is 5.39 Å². The SMILES string of the molecule is Oc1cccc2oc3ccc(Oc4ccc5oc6ncc[c-]c6c5n4)nc3c12.[Pt]. The van der Waals surface area contributed by atoms with Crippen molar-refractivity contribution in [2.45, 2.75) is 0 Å². The Hall–Kier alpha value is -3.44. The molecule has 6 aromatic rings. The number of furan rings is 2. The molecule has 0 aliphatic carbocycles. The molecule has 0 amide bonds. The first-order valence-corrected chi connectivity index (χ1v) is 8.51. The molecule has 1 N–H and O–H groups in total. The number of benzene rings is 1. The summed E-state index contributed by atoms with van der Waals surface area (Å²) in [6, 6.07) is 16.8. The summed E-state index contributed by atoms with van der Waals surface area (Å²) in [5.74, 6) is 0.796. The standard InChI is InChI=1S/C21H10N3O4.Pt/c25-12-4-1-5-13-18(12)20-15(26-13)7-9-17(24-20)28-16-8-6-14-19(23-16)11-3-2-10-22-21(11)27-14;/h1-2,4-10,25H;/q-1;. The molecule has 0 aliphatic heterocycles. The van der Waals surface area contributed by atoms with Gasteiger partial charge in [-0.3, -0.25) is 4.98 Å². The van der Waals surface area contributed by atoms with Gasteiger partial charge < -0.3 is 23.7 Å². The van der Waals surface area contributed by atoms with Crippen molar-refractivity contribution in [1.29, 1.82) is 0 Å². The third-order valence-corrected chi connectivity index (χ3v) is 4.49. The number of pyridine rings is 3. The molecule has 7 nitrogen and oxygen atoms in total. The molecule has 144 valence electrons. The number of fused-ring (bicyclic) bond motifs is 6. The Kier molecular flexibility index (Phi) is 4.00.